The smallest absolute Gasteiger partial charge is 0.328 e. The van der Waals surface area contributed by atoms with Gasteiger partial charge in [0.2, 0.25) is 0 Å². The summed E-state index contributed by atoms with van der Waals surface area (Å²) in [6.07, 6.45) is 0. The van der Waals surface area contributed by atoms with Crippen molar-refractivity contribution >= 4 is 10.4 Å². The van der Waals surface area contributed by atoms with Crippen LogP contribution in [0.1, 0.15) is 13.8 Å². The molecule has 0 heterocycles. The van der Waals surface area contributed by atoms with Crippen LogP contribution in [0.5, 0.6) is 0 Å². The number of hydrogen-bond acceptors (Lipinski definition) is 3. The van der Waals surface area contributed by atoms with Crippen LogP contribution in [0.2, 0.25) is 0 Å². The third-order valence-electron chi connectivity index (χ3n) is 0. The van der Waals surface area contributed by atoms with Gasteiger partial charge in [-0.2, -0.15) is 8.42 Å². The normalized spacial score (nSPS) is 9.40. The number of rotatable bonds is 0. The van der Waals surface area contributed by atoms with E-state index >= 15 is 0 Å². The van der Waals surface area contributed by atoms with E-state index in [-0.39, 0.29) is 21.1 Å². The second-order valence-electron chi connectivity index (χ2n) is 1.69. The second kappa shape index (κ2) is 7.62. The van der Waals surface area contributed by atoms with Crippen molar-refractivity contribution in [3.63, 3.8) is 0 Å². The zero-order valence-corrected chi connectivity index (χ0v) is 8.68. The summed E-state index contributed by atoms with van der Waals surface area (Å²) in [6, 6.07) is 0.333. The predicted molar refractivity (Wildman–Crippen MR) is 33.5 cm³/mol. The molecule has 0 saturated carbocycles. The molecule has 0 atom stereocenters. The standard InChI is InChI=1S/C3H9N.H2O4S.Pt/c1-3(2)4;1-5(2,3)4;/h3H,4H2,1-2H3;(H2,1,2,3,4);. The van der Waals surface area contributed by atoms with Crippen LogP contribution < -0.4 is 5.73 Å². The molecule has 0 aliphatic rings. The van der Waals surface area contributed by atoms with Gasteiger partial charge in [0.1, 0.15) is 0 Å². The summed E-state index contributed by atoms with van der Waals surface area (Å²) in [5, 5.41) is 0. The maximum atomic E-state index is 8.74. The van der Waals surface area contributed by atoms with E-state index in [1.54, 1.807) is 0 Å². The summed E-state index contributed by atoms with van der Waals surface area (Å²) in [5.74, 6) is 0. The van der Waals surface area contributed by atoms with Crippen LogP contribution in [0.25, 0.3) is 0 Å². The van der Waals surface area contributed by atoms with E-state index in [1.165, 1.54) is 0 Å². The van der Waals surface area contributed by atoms with Crippen molar-refractivity contribution in [2.75, 3.05) is 0 Å². The van der Waals surface area contributed by atoms with E-state index in [9.17, 15) is 0 Å². The molecule has 0 spiro atoms. The van der Waals surface area contributed by atoms with Gasteiger partial charge < -0.3 is 5.73 Å². The molecule has 0 aliphatic heterocycles. The Kier molecular flexibility index (Phi) is 12.9. The van der Waals surface area contributed by atoms with E-state index < -0.39 is 10.4 Å². The third kappa shape index (κ3) is 1790. The Bertz CT molecular complexity index is 132. The van der Waals surface area contributed by atoms with Gasteiger partial charge in [-0.3, -0.25) is 9.11 Å². The van der Waals surface area contributed by atoms with Crippen LogP contribution in [0.3, 0.4) is 0 Å². The second-order valence-corrected chi connectivity index (χ2v) is 2.59. The van der Waals surface area contributed by atoms with Gasteiger partial charge in [-0.15, -0.1) is 0 Å². The van der Waals surface area contributed by atoms with Crippen molar-refractivity contribution in [1.29, 1.82) is 0 Å². The van der Waals surface area contributed by atoms with Gasteiger partial charge in [-0.25, -0.2) is 0 Å². The first-order valence-corrected chi connectivity index (χ1v) is 3.58. The van der Waals surface area contributed by atoms with Crippen molar-refractivity contribution in [2.45, 2.75) is 19.9 Å². The first-order valence-electron chi connectivity index (χ1n) is 2.19. The largest absolute Gasteiger partial charge is 0.394 e. The number of nitrogens with two attached hydrogens (primary N) is 1. The maximum Gasteiger partial charge on any atom is 0.394 e. The van der Waals surface area contributed by atoms with E-state index in [0.717, 1.165) is 0 Å². The van der Waals surface area contributed by atoms with E-state index in [2.05, 4.69) is 0 Å². The molecule has 0 fully saturated rings. The van der Waals surface area contributed by atoms with Crippen molar-refractivity contribution < 1.29 is 38.6 Å². The Labute approximate surface area is 74.8 Å². The topological polar surface area (TPSA) is 101 Å². The van der Waals surface area contributed by atoms with Crippen LogP contribution >= 0.6 is 0 Å². The monoisotopic (exact) mass is 352 g/mol. The minimum absolute atomic E-state index is 0. The average Bonchev–Trinajstić information content (AvgIpc) is 1.19. The molecule has 10 heavy (non-hydrogen) atoms. The molecular weight excluding hydrogens is 341 g/mol. The average molecular weight is 352 g/mol. The zero-order chi connectivity index (χ0) is 8.08. The summed E-state index contributed by atoms with van der Waals surface area (Å²) in [7, 11) is -4.67. The van der Waals surface area contributed by atoms with Gasteiger partial charge in [0, 0.05) is 21.1 Å². The Balaban J connectivity index is -0.0000000910. The molecule has 0 amide bonds. The van der Waals surface area contributed by atoms with Gasteiger partial charge in [0.15, 0.2) is 0 Å². The zero-order valence-electron chi connectivity index (χ0n) is 5.59. The molecule has 4 N–H and O–H groups in total. The number of hydrogen-bond donors (Lipinski definition) is 3. The first kappa shape index (κ1) is 16.9. The molecule has 0 aromatic heterocycles. The summed E-state index contributed by atoms with van der Waals surface area (Å²) in [6.45, 7) is 3.89. The fourth-order valence-corrected chi connectivity index (χ4v) is 0. The quantitative estimate of drug-likeness (QED) is 0.520. The van der Waals surface area contributed by atoms with Crippen molar-refractivity contribution in [3.05, 3.63) is 0 Å². The fourth-order valence-electron chi connectivity index (χ4n) is 0. The van der Waals surface area contributed by atoms with Gasteiger partial charge >= 0.3 is 10.4 Å². The Hall–Kier alpha value is 0.518. The molecule has 0 aliphatic carbocycles. The molecule has 0 radical (unpaired) electrons. The molecule has 0 saturated heterocycles. The van der Waals surface area contributed by atoms with Gasteiger partial charge in [0.25, 0.3) is 0 Å². The predicted octanol–water partition coefficient (Wildman–Crippen LogP) is -0.302. The van der Waals surface area contributed by atoms with Crippen LogP contribution in [0.15, 0.2) is 0 Å². The third-order valence-corrected chi connectivity index (χ3v) is 0. The van der Waals surface area contributed by atoms with Crippen LogP contribution in [-0.2, 0) is 31.5 Å². The van der Waals surface area contributed by atoms with Crippen LogP contribution in [0, 0.1) is 0 Å². The van der Waals surface area contributed by atoms with Gasteiger partial charge in [0.05, 0.1) is 0 Å². The maximum absolute atomic E-state index is 8.74. The SMILES string of the molecule is CC(C)N.O=S(=O)(O)O.[Pt]. The van der Waals surface area contributed by atoms with Crippen molar-refractivity contribution in [2.24, 2.45) is 5.73 Å². The molecule has 0 rings (SSSR count). The van der Waals surface area contributed by atoms with Crippen LogP contribution in [0.4, 0.5) is 0 Å². The summed E-state index contributed by atoms with van der Waals surface area (Å²) >= 11 is 0. The molecule has 0 aromatic carbocycles. The van der Waals surface area contributed by atoms with E-state index in [4.69, 9.17) is 23.3 Å². The Morgan fingerprint density at radius 1 is 1.30 bits per heavy atom. The Morgan fingerprint density at radius 3 is 1.30 bits per heavy atom. The summed E-state index contributed by atoms with van der Waals surface area (Å²) in [4.78, 5) is 0. The molecule has 5 nitrogen and oxygen atoms in total. The minimum Gasteiger partial charge on any atom is -0.328 e. The van der Waals surface area contributed by atoms with Gasteiger partial charge in [-0.1, -0.05) is 13.8 Å². The molecule has 0 aromatic rings. The van der Waals surface area contributed by atoms with E-state index in [1.807, 2.05) is 13.8 Å². The van der Waals surface area contributed by atoms with Gasteiger partial charge in [-0.05, 0) is 6.04 Å². The van der Waals surface area contributed by atoms with Crippen molar-refractivity contribution in [1.82, 2.24) is 0 Å². The summed E-state index contributed by atoms with van der Waals surface area (Å²) < 4.78 is 31.6. The molecule has 0 bridgehead atoms. The van der Waals surface area contributed by atoms with E-state index in [0.29, 0.717) is 6.04 Å². The fraction of sp³-hybridized carbons (Fsp3) is 1.00. The molecule has 68 valence electrons. The Morgan fingerprint density at radius 2 is 1.30 bits per heavy atom. The molecule has 7 heteroatoms. The van der Waals surface area contributed by atoms with Crippen molar-refractivity contribution in [3.8, 4) is 0 Å². The minimum atomic E-state index is -4.67. The first-order chi connectivity index (χ1) is 3.73. The molecular formula is C3H11NO4PtS. The van der Waals surface area contributed by atoms with Crippen LogP contribution in [-0.4, -0.2) is 23.6 Å². The summed E-state index contributed by atoms with van der Waals surface area (Å²) in [5.41, 5.74) is 5.11. The molecule has 0 unspecified atom stereocenters.